The molecule has 0 bridgehead atoms. The van der Waals surface area contributed by atoms with E-state index in [4.69, 9.17) is 11.6 Å². The standard InChI is InChI=1S/C13H10ClF3N2O5S2/c14-8-3-1-2-7(6-8)11-18-9-4-5-25(20,21)10(9)12(19-11)24-26(22,23)13(15,16)17/h1-3,6,20-21H,4-5H2. The van der Waals surface area contributed by atoms with E-state index >= 15 is 0 Å². The van der Waals surface area contributed by atoms with Gasteiger partial charge >= 0.3 is 15.6 Å². The molecule has 0 aliphatic carbocycles. The molecule has 0 radical (unpaired) electrons. The Kier molecular flexibility index (Phi) is 4.60. The highest BCUT2D eigenvalue weighted by Gasteiger charge is 2.50. The number of halogens is 4. The summed E-state index contributed by atoms with van der Waals surface area (Å²) in [5, 5.41) is 0.293. The smallest absolute Gasteiger partial charge is 0.353 e. The van der Waals surface area contributed by atoms with Gasteiger partial charge in [0.05, 0.1) is 5.69 Å². The summed E-state index contributed by atoms with van der Waals surface area (Å²) in [7, 11) is -9.62. The van der Waals surface area contributed by atoms with Gasteiger partial charge < -0.3 is 4.18 Å². The largest absolute Gasteiger partial charge is 0.534 e. The van der Waals surface area contributed by atoms with Gasteiger partial charge in [-0.15, -0.1) is 0 Å². The first-order valence-electron chi connectivity index (χ1n) is 6.84. The number of aromatic nitrogens is 2. The van der Waals surface area contributed by atoms with Gasteiger partial charge in [-0.3, -0.25) is 9.11 Å². The molecule has 1 aromatic heterocycles. The molecule has 1 aliphatic rings. The Bertz CT molecular complexity index is 982. The van der Waals surface area contributed by atoms with Crippen molar-refractivity contribution >= 4 is 32.3 Å². The fourth-order valence-electron chi connectivity index (χ4n) is 2.28. The van der Waals surface area contributed by atoms with Gasteiger partial charge in [0.2, 0.25) is 0 Å². The van der Waals surface area contributed by atoms with E-state index < -0.39 is 37.0 Å². The van der Waals surface area contributed by atoms with Crippen molar-refractivity contribution in [3.8, 4) is 17.3 Å². The van der Waals surface area contributed by atoms with Gasteiger partial charge in [0.25, 0.3) is 5.88 Å². The highest BCUT2D eigenvalue weighted by Crippen LogP contribution is 2.58. The molecule has 13 heteroatoms. The second-order valence-electron chi connectivity index (χ2n) is 5.24. The highest BCUT2D eigenvalue weighted by atomic mass is 35.5. The van der Waals surface area contributed by atoms with Crippen molar-refractivity contribution < 1.29 is 34.9 Å². The molecule has 142 valence electrons. The van der Waals surface area contributed by atoms with Crippen LogP contribution in [0.2, 0.25) is 5.02 Å². The van der Waals surface area contributed by atoms with E-state index in [0.717, 1.165) is 0 Å². The summed E-state index contributed by atoms with van der Waals surface area (Å²) in [6.07, 6.45) is 0.0101. The molecule has 2 N–H and O–H groups in total. The topological polar surface area (TPSA) is 110 Å². The zero-order valence-electron chi connectivity index (χ0n) is 12.6. The molecule has 7 nitrogen and oxygen atoms in total. The first-order chi connectivity index (χ1) is 11.9. The van der Waals surface area contributed by atoms with Crippen molar-refractivity contribution in [1.29, 1.82) is 0 Å². The van der Waals surface area contributed by atoms with Crippen molar-refractivity contribution in [1.82, 2.24) is 9.97 Å². The lowest BCUT2D eigenvalue weighted by Gasteiger charge is -2.27. The molecule has 26 heavy (non-hydrogen) atoms. The molecule has 3 rings (SSSR count). The third-order valence-corrected chi connectivity index (χ3v) is 6.43. The van der Waals surface area contributed by atoms with Crippen molar-refractivity contribution in [2.45, 2.75) is 16.8 Å². The van der Waals surface area contributed by atoms with E-state index in [2.05, 4.69) is 14.2 Å². The normalized spacial score (nSPS) is 17.6. The molecule has 0 saturated carbocycles. The number of fused-ring (bicyclic) bond motifs is 1. The first-order valence-corrected chi connectivity index (χ1v) is 10.3. The van der Waals surface area contributed by atoms with Crippen LogP contribution < -0.4 is 4.18 Å². The monoisotopic (exact) mass is 430 g/mol. The van der Waals surface area contributed by atoms with Gasteiger partial charge in [-0.25, -0.2) is 4.98 Å². The molecule has 2 heterocycles. The van der Waals surface area contributed by atoms with E-state index in [1.165, 1.54) is 18.2 Å². The second-order valence-corrected chi connectivity index (χ2v) is 9.37. The van der Waals surface area contributed by atoms with Crippen LogP contribution in [0.5, 0.6) is 5.88 Å². The summed E-state index contributed by atoms with van der Waals surface area (Å²) < 4.78 is 84.8. The zero-order valence-corrected chi connectivity index (χ0v) is 15.0. The Balaban J connectivity index is 2.19. The van der Waals surface area contributed by atoms with Crippen molar-refractivity contribution in [2.24, 2.45) is 0 Å². The SMILES string of the molecule is O=S(=O)(Oc1nc(-c2cccc(Cl)c2)nc2c1S(O)(O)CC2)C(F)(F)F. The maximum Gasteiger partial charge on any atom is 0.534 e. The van der Waals surface area contributed by atoms with Crippen molar-refractivity contribution in [3.63, 3.8) is 0 Å². The van der Waals surface area contributed by atoms with Crippen LogP contribution in [0, 0.1) is 0 Å². The van der Waals surface area contributed by atoms with Crippen molar-refractivity contribution in [3.05, 3.63) is 35.0 Å². The molecule has 1 aliphatic heterocycles. The van der Waals surface area contributed by atoms with Crippen LogP contribution >= 0.6 is 22.2 Å². The Morgan fingerprint density at radius 3 is 2.54 bits per heavy atom. The van der Waals surface area contributed by atoms with Gasteiger partial charge in [-0.1, -0.05) is 23.7 Å². The van der Waals surface area contributed by atoms with Gasteiger partial charge in [0, 0.05) is 22.8 Å². The molecular formula is C13H10ClF3N2O5S2. The Morgan fingerprint density at radius 1 is 1.23 bits per heavy atom. The van der Waals surface area contributed by atoms with Gasteiger partial charge in [0.1, 0.15) is 4.90 Å². The van der Waals surface area contributed by atoms with Crippen LogP contribution in [-0.4, -0.2) is 38.8 Å². The quantitative estimate of drug-likeness (QED) is 0.564. The summed E-state index contributed by atoms with van der Waals surface area (Å²) in [5.74, 6) is -1.44. The number of benzene rings is 1. The molecule has 0 unspecified atom stereocenters. The van der Waals surface area contributed by atoms with Crippen LogP contribution in [0.15, 0.2) is 29.2 Å². The molecule has 0 spiro atoms. The number of alkyl halides is 3. The number of aryl methyl sites for hydroxylation is 1. The predicted molar refractivity (Wildman–Crippen MR) is 87.8 cm³/mol. The maximum absolute atomic E-state index is 12.6. The minimum Gasteiger partial charge on any atom is -0.353 e. The van der Waals surface area contributed by atoms with Crippen LogP contribution in [0.4, 0.5) is 13.2 Å². The minimum atomic E-state index is -6.05. The van der Waals surface area contributed by atoms with Crippen LogP contribution in [-0.2, 0) is 16.5 Å². The van der Waals surface area contributed by atoms with Gasteiger partial charge in [0.15, 0.2) is 5.82 Å². The molecular weight excluding hydrogens is 421 g/mol. The molecule has 0 fully saturated rings. The number of rotatable bonds is 3. The van der Waals surface area contributed by atoms with Gasteiger partial charge in [-0.2, -0.15) is 37.2 Å². The third-order valence-electron chi connectivity index (χ3n) is 3.41. The lowest BCUT2D eigenvalue weighted by molar-refractivity contribution is -0.0502. The molecule has 0 saturated heterocycles. The van der Waals surface area contributed by atoms with E-state index in [1.807, 2.05) is 0 Å². The van der Waals surface area contributed by atoms with E-state index in [-0.39, 0.29) is 29.3 Å². The molecule has 1 aromatic carbocycles. The van der Waals surface area contributed by atoms with Crippen molar-refractivity contribution in [2.75, 3.05) is 5.75 Å². The summed E-state index contributed by atoms with van der Waals surface area (Å²) in [6, 6.07) is 6.00. The Hall–Kier alpha value is -1.60. The summed E-state index contributed by atoms with van der Waals surface area (Å²) in [4.78, 5) is 7.24. The molecule has 2 aromatic rings. The lowest BCUT2D eigenvalue weighted by atomic mass is 10.2. The van der Waals surface area contributed by atoms with Crippen LogP contribution in [0.3, 0.4) is 0 Å². The maximum atomic E-state index is 12.6. The minimum absolute atomic E-state index is 0.00218. The Labute approximate surface area is 152 Å². The molecule has 0 atom stereocenters. The Morgan fingerprint density at radius 2 is 1.92 bits per heavy atom. The predicted octanol–water partition coefficient (Wildman–Crippen LogP) is 3.69. The van der Waals surface area contributed by atoms with Crippen LogP contribution in [0.25, 0.3) is 11.4 Å². The van der Waals surface area contributed by atoms with Crippen LogP contribution in [0.1, 0.15) is 5.69 Å². The molecule has 0 amide bonds. The van der Waals surface area contributed by atoms with E-state index in [1.54, 1.807) is 6.07 Å². The third kappa shape index (κ3) is 3.47. The second kappa shape index (κ2) is 6.23. The number of nitrogens with zero attached hydrogens (tertiary/aromatic N) is 2. The summed E-state index contributed by atoms with van der Waals surface area (Å²) >= 11 is 5.86. The first kappa shape index (κ1) is 19.2. The van der Waals surface area contributed by atoms with Gasteiger partial charge in [-0.05, 0) is 12.1 Å². The fourth-order valence-corrected chi connectivity index (χ4v) is 4.52. The fraction of sp³-hybridized carbons (Fsp3) is 0.231. The number of hydrogen-bond acceptors (Lipinski definition) is 7. The van der Waals surface area contributed by atoms with E-state index in [0.29, 0.717) is 5.02 Å². The average molecular weight is 431 g/mol. The average Bonchev–Trinajstić information content (AvgIpc) is 2.81. The summed E-state index contributed by atoms with van der Waals surface area (Å²) in [5.41, 5.74) is -5.41. The highest BCUT2D eigenvalue weighted by molar-refractivity contribution is 8.24. The summed E-state index contributed by atoms with van der Waals surface area (Å²) in [6.45, 7) is 0. The lowest BCUT2D eigenvalue weighted by Crippen LogP contribution is -2.29. The zero-order chi connectivity index (χ0) is 19.3. The number of hydrogen-bond donors (Lipinski definition) is 2. The van der Waals surface area contributed by atoms with E-state index in [9.17, 15) is 30.7 Å².